The molecule has 0 bridgehead atoms. The van der Waals surface area contributed by atoms with Crippen LogP contribution in [0.4, 0.5) is 5.82 Å². The number of nitrogen functional groups attached to an aromatic ring is 1. The minimum atomic E-state index is -0.382. The molecule has 0 radical (unpaired) electrons. The smallest absolute Gasteiger partial charge is 0.123 e. The van der Waals surface area contributed by atoms with Gasteiger partial charge in [-0.15, -0.1) is 0 Å². The van der Waals surface area contributed by atoms with Gasteiger partial charge in [0.15, 0.2) is 0 Å². The Kier molecular flexibility index (Phi) is 5.00. The summed E-state index contributed by atoms with van der Waals surface area (Å²) in [5, 5.41) is 10.8. The van der Waals surface area contributed by atoms with E-state index in [0.717, 1.165) is 25.1 Å². The molecule has 3 N–H and O–H groups in total. The third-order valence-corrected chi connectivity index (χ3v) is 4.79. The van der Waals surface area contributed by atoms with Gasteiger partial charge in [-0.25, -0.2) is 4.98 Å². The summed E-state index contributed by atoms with van der Waals surface area (Å²) in [5.74, 6) is 0.519. The number of nitrogens with zero attached hydrogens (tertiary/aromatic N) is 2. The van der Waals surface area contributed by atoms with Gasteiger partial charge in [0.05, 0.1) is 6.10 Å². The van der Waals surface area contributed by atoms with Gasteiger partial charge in [0.2, 0.25) is 0 Å². The fourth-order valence-corrected chi connectivity index (χ4v) is 3.14. The summed E-state index contributed by atoms with van der Waals surface area (Å²) in [6.07, 6.45) is 6.71. The lowest BCUT2D eigenvalue weighted by Gasteiger charge is -2.46. The molecule has 1 fully saturated rings. The molecule has 0 saturated carbocycles. The van der Waals surface area contributed by atoms with Gasteiger partial charge in [-0.1, -0.05) is 13.3 Å². The second kappa shape index (κ2) is 6.55. The van der Waals surface area contributed by atoms with Crippen LogP contribution >= 0.6 is 0 Å². The van der Waals surface area contributed by atoms with E-state index in [9.17, 15) is 5.11 Å². The topological polar surface area (TPSA) is 62.4 Å². The summed E-state index contributed by atoms with van der Waals surface area (Å²) in [5.41, 5.74) is 6.62. The predicted octanol–water partition coefficient (Wildman–Crippen LogP) is 2.22. The molecule has 1 aliphatic rings. The Morgan fingerprint density at radius 2 is 2.10 bits per heavy atom. The van der Waals surface area contributed by atoms with Crippen molar-refractivity contribution in [2.24, 2.45) is 0 Å². The van der Waals surface area contributed by atoms with E-state index in [-0.39, 0.29) is 11.6 Å². The number of aliphatic hydroxyl groups excluding tert-OH is 1. The van der Waals surface area contributed by atoms with Crippen LogP contribution in [0.3, 0.4) is 0 Å². The molecular formula is C16H27N3O. The van der Waals surface area contributed by atoms with E-state index >= 15 is 0 Å². The lowest BCUT2D eigenvalue weighted by molar-refractivity contribution is -0.0328. The highest BCUT2D eigenvalue weighted by Gasteiger charge is 2.37. The number of anilines is 1. The Morgan fingerprint density at radius 3 is 2.70 bits per heavy atom. The summed E-state index contributed by atoms with van der Waals surface area (Å²) >= 11 is 0. The van der Waals surface area contributed by atoms with Crippen LogP contribution < -0.4 is 5.73 Å². The van der Waals surface area contributed by atoms with Crippen molar-refractivity contribution in [3.63, 3.8) is 0 Å². The number of likely N-dealkylation sites (tertiary alicyclic amines) is 1. The number of pyridine rings is 1. The quantitative estimate of drug-likeness (QED) is 0.866. The van der Waals surface area contributed by atoms with E-state index in [0.29, 0.717) is 12.2 Å². The molecule has 1 aromatic rings. The molecule has 1 saturated heterocycles. The van der Waals surface area contributed by atoms with Gasteiger partial charge in [-0.05, 0) is 57.0 Å². The first-order valence-corrected chi connectivity index (χ1v) is 7.70. The summed E-state index contributed by atoms with van der Waals surface area (Å²) in [7, 11) is 0. The van der Waals surface area contributed by atoms with Gasteiger partial charge in [0, 0.05) is 18.2 Å². The Bertz CT molecular complexity index is 431. The number of hydrogen-bond acceptors (Lipinski definition) is 4. The summed E-state index contributed by atoms with van der Waals surface area (Å²) in [6, 6.07) is 3.79. The average molecular weight is 277 g/mol. The number of nitrogens with two attached hydrogens (primary N) is 1. The maximum atomic E-state index is 10.8. The lowest BCUT2D eigenvalue weighted by atomic mass is 9.84. The molecule has 2 atom stereocenters. The third kappa shape index (κ3) is 3.30. The number of hydrogen-bond donors (Lipinski definition) is 2. The fourth-order valence-electron chi connectivity index (χ4n) is 3.14. The first-order chi connectivity index (χ1) is 9.56. The standard InChI is InChI=1S/C16H27N3O/c1-3-16(2,19-9-5-4-6-10-19)14(20)11-13-7-8-18-15(17)12-13/h7-8,12,14,20H,3-6,9-11H2,1-2H3,(H2,17,18). The highest BCUT2D eigenvalue weighted by atomic mass is 16.3. The van der Waals surface area contributed by atoms with Crippen LogP contribution in [0, 0.1) is 0 Å². The first-order valence-electron chi connectivity index (χ1n) is 7.70. The van der Waals surface area contributed by atoms with Crippen molar-refractivity contribution < 1.29 is 5.11 Å². The van der Waals surface area contributed by atoms with Crippen LogP contribution in [-0.2, 0) is 6.42 Å². The van der Waals surface area contributed by atoms with Gasteiger partial charge >= 0.3 is 0 Å². The van der Waals surface area contributed by atoms with Crippen molar-refractivity contribution in [3.05, 3.63) is 23.9 Å². The highest BCUT2D eigenvalue weighted by Crippen LogP contribution is 2.29. The SMILES string of the molecule is CCC(C)(C(O)Cc1ccnc(N)c1)N1CCCCC1. The van der Waals surface area contributed by atoms with Crippen LogP contribution in [0.2, 0.25) is 0 Å². The van der Waals surface area contributed by atoms with E-state index in [1.807, 2.05) is 12.1 Å². The summed E-state index contributed by atoms with van der Waals surface area (Å²) in [4.78, 5) is 6.47. The summed E-state index contributed by atoms with van der Waals surface area (Å²) in [6.45, 7) is 6.55. The molecule has 2 heterocycles. The van der Waals surface area contributed by atoms with E-state index in [1.165, 1.54) is 19.3 Å². The highest BCUT2D eigenvalue weighted by molar-refractivity contribution is 5.32. The van der Waals surface area contributed by atoms with Gasteiger partial charge in [0.1, 0.15) is 5.82 Å². The minimum Gasteiger partial charge on any atom is -0.391 e. The molecule has 1 aliphatic heterocycles. The van der Waals surface area contributed by atoms with E-state index in [1.54, 1.807) is 6.20 Å². The van der Waals surface area contributed by atoms with E-state index < -0.39 is 0 Å². The molecule has 2 rings (SSSR count). The molecule has 1 aromatic heterocycles. The van der Waals surface area contributed by atoms with Crippen LogP contribution in [-0.4, -0.2) is 39.7 Å². The second-order valence-corrected chi connectivity index (χ2v) is 6.07. The number of piperidine rings is 1. The first kappa shape index (κ1) is 15.3. The monoisotopic (exact) mass is 277 g/mol. The Balaban J connectivity index is 2.09. The van der Waals surface area contributed by atoms with Gasteiger partial charge < -0.3 is 10.8 Å². The molecule has 2 unspecified atom stereocenters. The van der Waals surface area contributed by atoms with Crippen LogP contribution in [0.5, 0.6) is 0 Å². The third-order valence-electron chi connectivity index (χ3n) is 4.79. The zero-order valence-corrected chi connectivity index (χ0v) is 12.7. The zero-order chi connectivity index (χ0) is 14.6. The fraction of sp³-hybridized carbons (Fsp3) is 0.688. The molecular weight excluding hydrogens is 250 g/mol. The average Bonchev–Trinajstić information content (AvgIpc) is 2.47. The van der Waals surface area contributed by atoms with Crippen molar-refractivity contribution in [3.8, 4) is 0 Å². The van der Waals surface area contributed by atoms with Crippen LogP contribution in [0.1, 0.15) is 45.1 Å². The van der Waals surface area contributed by atoms with E-state index in [4.69, 9.17) is 5.73 Å². The van der Waals surface area contributed by atoms with Crippen molar-refractivity contribution in [2.75, 3.05) is 18.8 Å². The van der Waals surface area contributed by atoms with Crippen LogP contribution in [0.25, 0.3) is 0 Å². The molecule has 4 heteroatoms. The normalized spacial score (nSPS) is 21.4. The lowest BCUT2D eigenvalue weighted by Crippen LogP contribution is -2.56. The molecule has 0 aliphatic carbocycles. The van der Waals surface area contributed by atoms with Crippen molar-refractivity contribution >= 4 is 5.82 Å². The molecule has 112 valence electrons. The largest absolute Gasteiger partial charge is 0.391 e. The van der Waals surface area contributed by atoms with Crippen molar-refractivity contribution in [1.29, 1.82) is 0 Å². The Morgan fingerprint density at radius 1 is 1.40 bits per heavy atom. The van der Waals surface area contributed by atoms with Crippen molar-refractivity contribution in [1.82, 2.24) is 9.88 Å². The maximum absolute atomic E-state index is 10.8. The molecule has 20 heavy (non-hydrogen) atoms. The molecule has 0 amide bonds. The predicted molar refractivity (Wildman–Crippen MR) is 82.5 cm³/mol. The van der Waals surface area contributed by atoms with Crippen LogP contribution in [0.15, 0.2) is 18.3 Å². The number of aromatic nitrogens is 1. The second-order valence-electron chi connectivity index (χ2n) is 6.07. The van der Waals surface area contributed by atoms with E-state index in [2.05, 4.69) is 23.7 Å². The zero-order valence-electron chi connectivity index (χ0n) is 12.7. The molecule has 0 spiro atoms. The maximum Gasteiger partial charge on any atom is 0.123 e. The minimum absolute atomic E-state index is 0.154. The summed E-state index contributed by atoms with van der Waals surface area (Å²) < 4.78 is 0. The molecule has 4 nitrogen and oxygen atoms in total. The number of aliphatic hydroxyl groups is 1. The molecule has 0 aromatic carbocycles. The van der Waals surface area contributed by atoms with Gasteiger partial charge in [-0.2, -0.15) is 0 Å². The van der Waals surface area contributed by atoms with Gasteiger partial charge in [-0.3, -0.25) is 4.90 Å². The Hall–Kier alpha value is -1.13. The Labute approximate surface area is 122 Å². The van der Waals surface area contributed by atoms with Crippen molar-refractivity contribution in [2.45, 2.75) is 57.6 Å². The number of rotatable bonds is 5. The van der Waals surface area contributed by atoms with Gasteiger partial charge in [0.25, 0.3) is 0 Å².